The molecule has 0 aliphatic heterocycles. The minimum absolute atomic E-state index is 0.137. The normalized spacial score (nSPS) is 20.3. The van der Waals surface area contributed by atoms with Crippen molar-refractivity contribution in [2.45, 2.75) is 58.5 Å². The van der Waals surface area contributed by atoms with Crippen molar-refractivity contribution in [3.8, 4) is 0 Å². The van der Waals surface area contributed by atoms with Crippen molar-refractivity contribution >= 4 is 15.9 Å². The van der Waals surface area contributed by atoms with Crippen LogP contribution in [0.5, 0.6) is 0 Å². The van der Waals surface area contributed by atoms with Crippen molar-refractivity contribution in [3.63, 3.8) is 0 Å². The van der Waals surface area contributed by atoms with Crippen molar-refractivity contribution in [2.24, 2.45) is 12.5 Å². The molecule has 0 saturated heterocycles. The molecular weight excluding hydrogens is 292 g/mol. The van der Waals surface area contributed by atoms with Crippen molar-refractivity contribution < 1.29 is 5.11 Å². The summed E-state index contributed by atoms with van der Waals surface area (Å²) in [6.07, 6.45) is 6.37. The Kier molecular flexibility index (Phi) is 4.17. The molecule has 2 rings (SSSR count). The number of nitrogens with zero attached hydrogens (tertiary/aromatic N) is 2. The van der Waals surface area contributed by atoms with Gasteiger partial charge in [-0.05, 0) is 47.5 Å². The van der Waals surface area contributed by atoms with Gasteiger partial charge < -0.3 is 5.11 Å². The molecule has 1 heterocycles. The van der Waals surface area contributed by atoms with E-state index >= 15 is 0 Å². The van der Waals surface area contributed by atoms with Crippen LogP contribution in [0, 0.1) is 12.3 Å². The number of hydrogen-bond acceptors (Lipinski definition) is 2. The lowest BCUT2D eigenvalue weighted by Gasteiger charge is -2.33. The van der Waals surface area contributed by atoms with E-state index in [9.17, 15) is 5.11 Å². The lowest BCUT2D eigenvalue weighted by atomic mass is 9.76. The standard InChI is InChI=1S/C14H23BrN2O/c1-4-14(7-5-6-8-14)12(18)9-11-13(15)10(2)16-17(11)3/h12,18H,4-9H2,1-3H3. The highest BCUT2D eigenvalue weighted by atomic mass is 79.9. The summed E-state index contributed by atoms with van der Waals surface area (Å²) in [7, 11) is 1.95. The highest BCUT2D eigenvalue weighted by Gasteiger charge is 2.39. The average molecular weight is 315 g/mol. The Bertz CT molecular complexity index is 422. The summed E-state index contributed by atoms with van der Waals surface area (Å²) >= 11 is 3.58. The van der Waals surface area contributed by atoms with Gasteiger partial charge in [0.25, 0.3) is 0 Å². The van der Waals surface area contributed by atoms with E-state index in [0.29, 0.717) is 6.42 Å². The lowest BCUT2D eigenvalue weighted by Crippen LogP contribution is -2.34. The van der Waals surface area contributed by atoms with Crippen molar-refractivity contribution in [3.05, 3.63) is 15.9 Å². The number of aryl methyl sites for hydroxylation is 2. The molecule has 3 nitrogen and oxygen atoms in total. The van der Waals surface area contributed by atoms with E-state index in [2.05, 4.69) is 28.0 Å². The van der Waals surface area contributed by atoms with Gasteiger partial charge in [0.1, 0.15) is 0 Å². The molecule has 1 aromatic rings. The van der Waals surface area contributed by atoms with Crippen LogP contribution in [0.4, 0.5) is 0 Å². The maximum atomic E-state index is 10.6. The molecule has 0 radical (unpaired) electrons. The Morgan fingerprint density at radius 1 is 1.44 bits per heavy atom. The van der Waals surface area contributed by atoms with E-state index in [1.165, 1.54) is 25.7 Å². The Balaban J connectivity index is 2.18. The zero-order chi connectivity index (χ0) is 13.3. The predicted molar refractivity (Wildman–Crippen MR) is 76.5 cm³/mol. The molecule has 1 unspecified atom stereocenters. The molecule has 1 atom stereocenters. The van der Waals surface area contributed by atoms with Gasteiger partial charge in [-0.15, -0.1) is 0 Å². The molecule has 1 fully saturated rings. The third-order valence-corrected chi connectivity index (χ3v) is 5.69. The third-order valence-electron chi connectivity index (χ3n) is 4.66. The average Bonchev–Trinajstić information content (AvgIpc) is 2.91. The monoisotopic (exact) mass is 314 g/mol. The smallest absolute Gasteiger partial charge is 0.0738 e. The molecular formula is C14H23BrN2O. The second-order valence-electron chi connectivity index (χ2n) is 5.61. The molecule has 1 saturated carbocycles. The van der Waals surface area contributed by atoms with E-state index in [-0.39, 0.29) is 11.5 Å². The van der Waals surface area contributed by atoms with Gasteiger partial charge in [0.05, 0.1) is 22.0 Å². The van der Waals surface area contributed by atoms with Gasteiger partial charge in [-0.3, -0.25) is 4.68 Å². The summed E-state index contributed by atoms with van der Waals surface area (Å²) in [6, 6.07) is 0. The highest BCUT2D eigenvalue weighted by Crippen LogP contribution is 2.45. The minimum Gasteiger partial charge on any atom is -0.392 e. The number of aliphatic hydroxyl groups is 1. The van der Waals surface area contributed by atoms with E-state index in [0.717, 1.165) is 22.3 Å². The SMILES string of the molecule is CCC1(C(O)Cc2c(Br)c(C)nn2C)CCCC1. The van der Waals surface area contributed by atoms with Crippen LogP contribution in [-0.4, -0.2) is 21.0 Å². The first kappa shape index (κ1) is 14.1. The zero-order valence-corrected chi connectivity index (χ0v) is 13.1. The summed E-state index contributed by atoms with van der Waals surface area (Å²) < 4.78 is 2.94. The van der Waals surface area contributed by atoms with Crippen LogP contribution in [0.3, 0.4) is 0 Å². The number of rotatable bonds is 4. The van der Waals surface area contributed by atoms with E-state index < -0.39 is 0 Å². The molecule has 0 aromatic carbocycles. The van der Waals surface area contributed by atoms with Gasteiger partial charge in [-0.1, -0.05) is 19.8 Å². The van der Waals surface area contributed by atoms with Crippen LogP contribution >= 0.6 is 15.9 Å². The maximum absolute atomic E-state index is 10.6. The van der Waals surface area contributed by atoms with Crippen LogP contribution < -0.4 is 0 Å². The molecule has 0 spiro atoms. The van der Waals surface area contributed by atoms with Crippen molar-refractivity contribution in [2.75, 3.05) is 0 Å². The summed E-state index contributed by atoms with van der Waals surface area (Å²) in [5, 5.41) is 15.0. The quantitative estimate of drug-likeness (QED) is 0.925. The van der Waals surface area contributed by atoms with E-state index in [4.69, 9.17) is 0 Å². The van der Waals surface area contributed by atoms with Gasteiger partial charge in [-0.25, -0.2) is 0 Å². The van der Waals surface area contributed by atoms with Crippen LogP contribution in [0.15, 0.2) is 4.47 Å². The first-order valence-corrected chi connectivity index (χ1v) is 7.65. The van der Waals surface area contributed by atoms with Gasteiger partial charge in [-0.2, -0.15) is 5.10 Å². The largest absolute Gasteiger partial charge is 0.392 e. The van der Waals surface area contributed by atoms with Gasteiger partial charge in [0.15, 0.2) is 0 Å². The zero-order valence-electron chi connectivity index (χ0n) is 11.5. The van der Waals surface area contributed by atoms with E-state index in [1.54, 1.807) is 0 Å². The number of halogens is 1. The number of hydrogen-bond donors (Lipinski definition) is 1. The second kappa shape index (κ2) is 5.33. The third kappa shape index (κ3) is 2.37. The molecule has 0 amide bonds. The Morgan fingerprint density at radius 3 is 2.50 bits per heavy atom. The van der Waals surface area contributed by atoms with Crippen LogP contribution in [-0.2, 0) is 13.5 Å². The molecule has 0 bridgehead atoms. The molecule has 4 heteroatoms. The Labute approximate surface area is 118 Å². The number of aliphatic hydroxyl groups excluding tert-OH is 1. The van der Waals surface area contributed by atoms with Crippen LogP contribution in [0.25, 0.3) is 0 Å². The van der Waals surface area contributed by atoms with Crippen LogP contribution in [0.1, 0.15) is 50.4 Å². The highest BCUT2D eigenvalue weighted by molar-refractivity contribution is 9.10. The van der Waals surface area contributed by atoms with Crippen molar-refractivity contribution in [1.29, 1.82) is 0 Å². The molecule has 18 heavy (non-hydrogen) atoms. The Morgan fingerprint density at radius 2 is 2.06 bits per heavy atom. The number of aromatic nitrogens is 2. The summed E-state index contributed by atoms with van der Waals surface area (Å²) in [5.74, 6) is 0. The fourth-order valence-electron chi connectivity index (χ4n) is 3.30. The lowest BCUT2D eigenvalue weighted by molar-refractivity contribution is 0.0243. The van der Waals surface area contributed by atoms with Crippen molar-refractivity contribution in [1.82, 2.24) is 9.78 Å². The van der Waals surface area contributed by atoms with Crippen LogP contribution in [0.2, 0.25) is 0 Å². The van der Waals surface area contributed by atoms with Gasteiger partial charge >= 0.3 is 0 Å². The van der Waals surface area contributed by atoms with Gasteiger partial charge in [0, 0.05) is 13.5 Å². The Hall–Kier alpha value is -0.350. The molecule has 1 aliphatic rings. The summed E-state index contributed by atoms with van der Waals surface area (Å²) in [6.45, 7) is 4.20. The molecule has 1 aliphatic carbocycles. The second-order valence-corrected chi connectivity index (χ2v) is 6.41. The molecule has 1 aromatic heterocycles. The minimum atomic E-state index is -0.254. The summed E-state index contributed by atoms with van der Waals surface area (Å²) in [4.78, 5) is 0. The van der Waals surface area contributed by atoms with Gasteiger partial charge in [0.2, 0.25) is 0 Å². The summed E-state index contributed by atoms with van der Waals surface area (Å²) in [5.41, 5.74) is 2.24. The first-order valence-electron chi connectivity index (χ1n) is 6.86. The molecule has 1 N–H and O–H groups in total. The van der Waals surface area contributed by atoms with E-state index in [1.807, 2.05) is 18.7 Å². The predicted octanol–water partition coefficient (Wildman–Crippen LogP) is 3.36. The maximum Gasteiger partial charge on any atom is 0.0738 e. The molecule has 102 valence electrons. The topological polar surface area (TPSA) is 38.1 Å². The first-order chi connectivity index (χ1) is 8.50. The fourth-order valence-corrected chi connectivity index (χ4v) is 3.80. The fraction of sp³-hybridized carbons (Fsp3) is 0.786.